The van der Waals surface area contributed by atoms with Crippen molar-refractivity contribution >= 4 is 15.9 Å². The molecule has 1 atom stereocenters. The van der Waals surface area contributed by atoms with Gasteiger partial charge in [-0.15, -0.1) is 0 Å². The zero-order valence-corrected chi connectivity index (χ0v) is 9.53. The maximum atomic E-state index is 9.24. The molecule has 0 aliphatic carbocycles. The molecule has 0 saturated carbocycles. The van der Waals surface area contributed by atoms with Crippen LogP contribution in [0, 0.1) is 0 Å². The van der Waals surface area contributed by atoms with E-state index in [9.17, 15) is 5.11 Å². The fraction of sp³-hybridized carbons (Fsp3) is 0.400. The molecule has 3 nitrogen and oxygen atoms in total. The fourth-order valence-electron chi connectivity index (χ4n) is 0.928. The molecule has 78 valence electrons. The van der Waals surface area contributed by atoms with Crippen LogP contribution in [0.3, 0.4) is 0 Å². The maximum absolute atomic E-state index is 9.24. The van der Waals surface area contributed by atoms with Crippen LogP contribution in [0.1, 0.15) is 0 Å². The monoisotopic (exact) mass is 260 g/mol. The van der Waals surface area contributed by atoms with E-state index in [2.05, 4.69) is 15.9 Å². The van der Waals surface area contributed by atoms with Crippen LogP contribution in [0.5, 0.6) is 11.5 Å². The Morgan fingerprint density at radius 2 is 2.14 bits per heavy atom. The van der Waals surface area contributed by atoms with Crippen molar-refractivity contribution in [3.63, 3.8) is 0 Å². The van der Waals surface area contributed by atoms with E-state index in [0.29, 0.717) is 11.1 Å². The molecule has 0 bridgehead atoms. The third-order valence-electron chi connectivity index (χ3n) is 1.66. The predicted octanol–water partition coefficient (Wildman–Crippen LogP) is 1.83. The fourth-order valence-corrected chi connectivity index (χ4v) is 1.11. The molecule has 4 heteroatoms. The van der Waals surface area contributed by atoms with Gasteiger partial charge in [-0.1, -0.05) is 22.0 Å². The van der Waals surface area contributed by atoms with Crippen molar-refractivity contribution in [3.05, 3.63) is 24.3 Å². The molecule has 14 heavy (non-hydrogen) atoms. The van der Waals surface area contributed by atoms with Gasteiger partial charge in [-0.3, -0.25) is 0 Å². The average molecular weight is 261 g/mol. The quantitative estimate of drug-likeness (QED) is 0.822. The largest absolute Gasteiger partial charge is 0.497 e. The summed E-state index contributed by atoms with van der Waals surface area (Å²) >= 11 is 3.16. The Kier molecular flexibility index (Phi) is 4.76. The van der Waals surface area contributed by atoms with Crippen molar-refractivity contribution in [2.24, 2.45) is 0 Å². The highest BCUT2D eigenvalue weighted by molar-refractivity contribution is 9.09. The van der Waals surface area contributed by atoms with E-state index in [1.807, 2.05) is 18.2 Å². The average Bonchev–Trinajstić information content (AvgIpc) is 2.26. The second-order valence-electron chi connectivity index (χ2n) is 2.80. The summed E-state index contributed by atoms with van der Waals surface area (Å²) in [4.78, 5) is 0. The number of methoxy groups -OCH3 is 1. The van der Waals surface area contributed by atoms with Gasteiger partial charge in [0.1, 0.15) is 18.1 Å². The Morgan fingerprint density at radius 1 is 1.43 bits per heavy atom. The number of benzene rings is 1. The molecule has 0 amide bonds. The zero-order chi connectivity index (χ0) is 10.4. The van der Waals surface area contributed by atoms with Crippen LogP contribution in [0.4, 0.5) is 0 Å². The van der Waals surface area contributed by atoms with Gasteiger partial charge in [-0.25, -0.2) is 0 Å². The molecule has 1 rings (SSSR count). The van der Waals surface area contributed by atoms with Crippen molar-refractivity contribution in [2.75, 3.05) is 19.0 Å². The van der Waals surface area contributed by atoms with Crippen LogP contribution >= 0.6 is 15.9 Å². The van der Waals surface area contributed by atoms with Gasteiger partial charge in [-0.05, 0) is 12.1 Å². The van der Waals surface area contributed by atoms with Gasteiger partial charge in [0.05, 0.1) is 13.2 Å². The molecule has 0 aromatic heterocycles. The summed E-state index contributed by atoms with van der Waals surface area (Å²) in [6.45, 7) is 0.276. The summed E-state index contributed by atoms with van der Waals surface area (Å²) in [6.07, 6.45) is -0.485. The number of alkyl halides is 1. The third-order valence-corrected chi connectivity index (χ3v) is 2.41. The Balaban J connectivity index is 2.50. The Hall–Kier alpha value is -0.740. The molecule has 0 aliphatic heterocycles. The molecule has 0 heterocycles. The van der Waals surface area contributed by atoms with Crippen LogP contribution in [-0.4, -0.2) is 30.3 Å². The van der Waals surface area contributed by atoms with Crippen LogP contribution in [-0.2, 0) is 0 Å². The Bertz CT molecular complexity index is 278. The molecule has 0 radical (unpaired) electrons. The number of aliphatic hydroxyl groups is 1. The first-order valence-electron chi connectivity index (χ1n) is 4.27. The smallest absolute Gasteiger partial charge is 0.123 e. The summed E-state index contributed by atoms with van der Waals surface area (Å²) in [6, 6.07) is 7.28. The second-order valence-corrected chi connectivity index (χ2v) is 3.45. The van der Waals surface area contributed by atoms with Crippen molar-refractivity contribution in [2.45, 2.75) is 6.10 Å². The minimum atomic E-state index is -0.485. The number of ether oxygens (including phenoxy) is 2. The minimum absolute atomic E-state index is 0.276. The van der Waals surface area contributed by atoms with Gasteiger partial charge in [0.2, 0.25) is 0 Å². The summed E-state index contributed by atoms with van der Waals surface area (Å²) in [7, 11) is 1.60. The van der Waals surface area contributed by atoms with Crippen molar-refractivity contribution in [1.29, 1.82) is 0 Å². The van der Waals surface area contributed by atoms with Gasteiger partial charge < -0.3 is 14.6 Å². The van der Waals surface area contributed by atoms with E-state index in [0.717, 1.165) is 5.75 Å². The molecule has 0 unspecified atom stereocenters. The number of aliphatic hydroxyl groups excluding tert-OH is 1. The summed E-state index contributed by atoms with van der Waals surface area (Å²) in [5.41, 5.74) is 0. The van der Waals surface area contributed by atoms with Crippen LogP contribution < -0.4 is 9.47 Å². The molecule has 1 aromatic carbocycles. The Labute approximate surface area is 91.8 Å². The van der Waals surface area contributed by atoms with Gasteiger partial charge in [0, 0.05) is 11.4 Å². The minimum Gasteiger partial charge on any atom is -0.497 e. The lowest BCUT2D eigenvalue weighted by atomic mass is 10.3. The molecule has 0 aliphatic rings. The lowest BCUT2D eigenvalue weighted by Gasteiger charge is -2.10. The van der Waals surface area contributed by atoms with Gasteiger partial charge in [-0.2, -0.15) is 0 Å². The van der Waals surface area contributed by atoms with E-state index in [1.165, 1.54) is 0 Å². The first-order valence-corrected chi connectivity index (χ1v) is 5.39. The van der Waals surface area contributed by atoms with E-state index < -0.39 is 6.10 Å². The lowest BCUT2D eigenvalue weighted by molar-refractivity contribution is 0.127. The van der Waals surface area contributed by atoms with Crippen molar-refractivity contribution in [1.82, 2.24) is 0 Å². The first-order chi connectivity index (χ1) is 6.76. The number of hydrogen-bond donors (Lipinski definition) is 1. The molecular formula is C10H13BrO3. The highest BCUT2D eigenvalue weighted by Gasteiger charge is 2.03. The second kappa shape index (κ2) is 5.88. The zero-order valence-electron chi connectivity index (χ0n) is 7.94. The normalized spacial score (nSPS) is 12.2. The summed E-state index contributed by atoms with van der Waals surface area (Å²) in [5.74, 6) is 1.44. The SMILES string of the molecule is COc1cccc(OC[C@@H](O)CBr)c1. The highest BCUT2D eigenvalue weighted by Crippen LogP contribution is 2.18. The molecular weight excluding hydrogens is 248 g/mol. The number of halogens is 1. The topological polar surface area (TPSA) is 38.7 Å². The van der Waals surface area contributed by atoms with Crippen LogP contribution in [0.2, 0.25) is 0 Å². The van der Waals surface area contributed by atoms with E-state index >= 15 is 0 Å². The maximum Gasteiger partial charge on any atom is 0.123 e. The van der Waals surface area contributed by atoms with Crippen molar-refractivity contribution in [3.8, 4) is 11.5 Å². The third kappa shape index (κ3) is 3.55. The van der Waals surface area contributed by atoms with E-state index in [1.54, 1.807) is 13.2 Å². The molecule has 1 N–H and O–H groups in total. The standard InChI is InChI=1S/C10H13BrO3/c1-13-9-3-2-4-10(5-9)14-7-8(12)6-11/h2-5,8,12H,6-7H2,1H3/t8-/m0/s1. The first kappa shape index (κ1) is 11.3. The molecule has 0 saturated heterocycles. The Morgan fingerprint density at radius 3 is 2.79 bits per heavy atom. The van der Waals surface area contributed by atoms with Gasteiger partial charge in [0.25, 0.3) is 0 Å². The van der Waals surface area contributed by atoms with Crippen LogP contribution in [0.15, 0.2) is 24.3 Å². The lowest BCUT2D eigenvalue weighted by Crippen LogP contribution is -2.18. The van der Waals surface area contributed by atoms with Gasteiger partial charge >= 0.3 is 0 Å². The summed E-state index contributed by atoms with van der Waals surface area (Å²) < 4.78 is 10.4. The van der Waals surface area contributed by atoms with E-state index in [4.69, 9.17) is 9.47 Å². The molecule has 0 spiro atoms. The van der Waals surface area contributed by atoms with E-state index in [-0.39, 0.29) is 6.61 Å². The number of hydrogen-bond acceptors (Lipinski definition) is 3. The van der Waals surface area contributed by atoms with Gasteiger partial charge in [0.15, 0.2) is 0 Å². The highest BCUT2D eigenvalue weighted by atomic mass is 79.9. The number of rotatable bonds is 5. The summed E-state index contributed by atoms with van der Waals surface area (Å²) in [5, 5.41) is 9.75. The molecule has 1 aromatic rings. The van der Waals surface area contributed by atoms with Crippen LogP contribution in [0.25, 0.3) is 0 Å². The predicted molar refractivity (Wildman–Crippen MR) is 58.3 cm³/mol. The van der Waals surface area contributed by atoms with Crippen molar-refractivity contribution < 1.29 is 14.6 Å². The molecule has 0 fully saturated rings.